The monoisotopic (exact) mass is 366 g/mol. The first-order valence-electron chi connectivity index (χ1n) is 8.65. The van der Waals surface area contributed by atoms with Gasteiger partial charge in [0, 0.05) is 10.9 Å². The molecule has 0 fully saturated rings. The Bertz CT molecular complexity index is 1020. The van der Waals surface area contributed by atoms with Gasteiger partial charge < -0.3 is 18.6 Å². The lowest BCUT2D eigenvalue weighted by Gasteiger charge is -2.30. The number of aryl methyl sites for hydroxylation is 1. The first-order valence-corrected chi connectivity index (χ1v) is 8.65. The molecule has 138 valence electrons. The number of ether oxygens (including phenoxy) is 3. The number of rotatable bonds is 4. The number of furan rings is 1. The number of esters is 1. The molecule has 0 radical (unpaired) electrons. The van der Waals surface area contributed by atoms with E-state index >= 15 is 0 Å². The van der Waals surface area contributed by atoms with Gasteiger partial charge in [0.25, 0.3) is 0 Å². The molecule has 0 N–H and O–H groups in total. The largest absolute Gasteiger partial charge is 0.482 e. The van der Waals surface area contributed by atoms with Gasteiger partial charge in [0.15, 0.2) is 23.9 Å². The molecular formula is C21H18O6. The van der Waals surface area contributed by atoms with Crippen LogP contribution in [0.4, 0.5) is 0 Å². The van der Waals surface area contributed by atoms with E-state index in [1.54, 1.807) is 38.1 Å². The number of carbonyl (C=O) groups is 2. The molecular weight excluding hydrogens is 348 g/mol. The van der Waals surface area contributed by atoms with E-state index in [1.807, 2.05) is 24.3 Å². The zero-order valence-electron chi connectivity index (χ0n) is 14.9. The summed E-state index contributed by atoms with van der Waals surface area (Å²) in [5, 5.41) is 0.862. The predicted molar refractivity (Wildman–Crippen MR) is 97.2 cm³/mol. The Morgan fingerprint density at radius 1 is 1.00 bits per heavy atom. The molecule has 1 aromatic heterocycles. The summed E-state index contributed by atoms with van der Waals surface area (Å²) in [7, 11) is 0. The van der Waals surface area contributed by atoms with Crippen LogP contribution in [0.15, 0.2) is 52.9 Å². The summed E-state index contributed by atoms with van der Waals surface area (Å²) in [5.74, 6) is 0.184. The van der Waals surface area contributed by atoms with Crippen LogP contribution >= 0.6 is 0 Å². The fourth-order valence-electron chi connectivity index (χ4n) is 3.10. The quantitative estimate of drug-likeness (QED) is 0.518. The minimum absolute atomic E-state index is 0.197. The number of benzene rings is 2. The SMILES string of the molecule is Cc1c(C(=O)COC(=O)C2Oc3ccccc3OC2C)oc2ccccc12. The molecule has 6 nitrogen and oxygen atoms in total. The minimum atomic E-state index is -0.940. The number of hydrogen-bond acceptors (Lipinski definition) is 6. The first kappa shape index (κ1) is 17.1. The molecule has 1 aliphatic heterocycles. The number of hydrogen-bond donors (Lipinski definition) is 0. The lowest BCUT2D eigenvalue weighted by Crippen LogP contribution is -2.44. The fourth-order valence-corrected chi connectivity index (χ4v) is 3.10. The summed E-state index contributed by atoms with van der Waals surface area (Å²) in [4.78, 5) is 24.9. The van der Waals surface area contributed by atoms with Gasteiger partial charge in [-0.2, -0.15) is 0 Å². The lowest BCUT2D eigenvalue weighted by molar-refractivity contribution is -0.156. The second-order valence-corrected chi connectivity index (χ2v) is 6.39. The molecule has 0 bridgehead atoms. The van der Waals surface area contributed by atoms with Crippen molar-refractivity contribution in [3.05, 3.63) is 59.9 Å². The highest BCUT2D eigenvalue weighted by Gasteiger charge is 2.35. The van der Waals surface area contributed by atoms with Crippen molar-refractivity contribution in [1.82, 2.24) is 0 Å². The van der Waals surface area contributed by atoms with Crippen LogP contribution in [0.25, 0.3) is 11.0 Å². The van der Waals surface area contributed by atoms with E-state index in [9.17, 15) is 9.59 Å². The Balaban J connectivity index is 1.44. The first-order chi connectivity index (χ1) is 13.0. The standard InChI is InChI=1S/C21H18O6/c1-12-14-7-3-4-8-16(14)26-19(12)15(22)11-24-21(23)20-13(2)25-17-9-5-6-10-18(17)27-20/h3-10,13,20H,11H2,1-2H3. The molecule has 0 aliphatic carbocycles. The molecule has 2 heterocycles. The Labute approximate surface area is 155 Å². The molecule has 0 spiro atoms. The average molecular weight is 366 g/mol. The van der Waals surface area contributed by atoms with Crippen LogP contribution in [0.3, 0.4) is 0 Å². The van der Waals surface area contributed by atoms with Crippen molar-refractivity contribution in [3.8, 4) is 11.5 Å². The van der Waals surface area contributed by atoms with Crippen LogP contribution in [0.2, 0.25) is 0 Å². The lowest BCUT2D eigenvalue weighted by atomic mass is 10.1. The van der Waals surface area contributed by atoms with E-state index < -0.39 is 30.6 Å². The number of para-hydroxylation sites is 3. The second kappa shape index (κ2) is 6.79. The van der Waals surface area contributed by atoms with Crippen LogP contribution in [0, 0.1) is 6.92 Å². The summed E-state index contributed by atoms with van der Waals surface area (Å²) in [5.41, 5.74) is 1.35. The summed E-state index contributed by atoms with van der Waals surface area (Å²) in [6, 6.07) is 14.5. The van der Waals surface area contributed by atoms with E-state index in [-0.39, 0.29) is 5.76 Å². The van der Waals surface area contributed by atoms with E-state index in [0.717, 1.165) is 10.9 Å². The number of carbonyl (C=O) groups excluding carboxylic acids is 2. The number of fused-ring (bicyclic) bond motifs is 2. The van der Waals surface area contributed by atoms with Crippen molar-refractivity contribution in [3.63, 3.8) is 0 Å². The molecule has 4 rings (SSSR count). The van der Waals surface area contributed by atoms with Gasteiger partial charge >= 0.3 is 5.97 Å². The third-order valence-corrected chi connectivity index (χ3v) is 4.52. The summed E-state index contributed by atoms with van der Waals surface area (Å²) in [6.07, 6.45) is -1.47. The van der Waals surface area contributed by atoms with Gasteiger partial charge in [-0.05, 0) is 32.0 Å². The molecule has 3 aromatic rings. The van der Waals surface area contributed by atoms with Crippen molar-refractivity contribution in [2.24, 2.45) is 0 Å². The van der Waals surface area contributed by atoms with Crippen molar-refractivity contribution < 1.29 is 28.2 Å². The van der Waals surface area contributed by atoms with Crippen LogP contribution in [0.5, 0.6) is 11.5 Å². The van der Waals surface area contributed by atoms with Gasteiger partial charge in [0.1, 0.15) is 11.7 Å². The average Bonchev–Trinajstić information content (AvgIpc) is 3.02. The minimum Gasteiger partial charge on any atom is -0.482 e. The van der Waals surface area contributed by atoms with Gasteiger partial charge in [0.05, 0.1) is 0 Å². The molecule has 0 saturated carbocycles. The third-order valence-electron chi connectivity index (χ3n) is 4.52. The molecule has 1 aliphatic rings. The normalized spacial score (nSPS) is 18.3. The van der Waals surface area contributed by atoms with Crippen LogP contribution in [-0.4, -0.2) is 30.6 Å². The van der Waals surface area contributed by atoms with Gasteiger partial charge in [-0.25, -0.2) is 4.79 Å². The molecule has 0 saturated heterocycles. The summed E-state index contributed by atoms with van der Waals surface area (Å²) < 4.78 is 22.2. The predicted octanol–water partition coefficient (Wildman–Crippen LogP) is 3.70. The zero-order chi connectivity index (χ0) is 19.0. The third kappa shape index (κ3) is 3.14. The molecule has 0 amide bonds. The van der Waals surface area contributed by atoms with E-state index in [0.29, 0.717) is 17.1 Å². The maximum Gasteiger partial charge on any atom is 0.351 e. The smallest absolute Gasteiger partial charge is 0.351 e. The fraction of sp³-hybridized carbons (Fsp3) is 0.238. The van der Waals surface area contributed by atoms with Crippen molar-refractivity contribution in [2.45, 2.75) is 26.1 Å². The van der Waals surface area contributed by atoms with Crippen LogP contribution in [0.1, 0.15) is 23.0 Å². The van der Waals surface area contributed by atoms with Crippen molar-refractivity contribution in [2.75, 3.05) is 6.61 Å². The summed E-state index contributed by atoms with van der Waals surface area (Å²) >= 11 is 0. The van der Waals surface area contributed by atoms with E-state index in [1.165, 1.54) is 0 Å². The summed E-state index contributed by atoms with van der Waals surface area (Å²) in [6.45, 7) is 3.10. The number of Topliss-reactive ketones (excluding diaryl/α,β-unsaturated/α-hetero) is 1. The van der Waals surface area contributed by atoms with Crippen molar-refractivity contribution >= 4 is 22.7 Å². The molecule has 2 atom stereocenters. The maximum absolute atomic E-state index is 12.5. The van der Waals surface area contributed by atoms with Gasteiger partial charge in [-0.15, -0.1) is 0 Å². The van der Waals surface area contributed by atoms with E-state index in [2.05, 4.69) is 0 Å². The van der Waals surface area contributed by atoms with Crippen LogP contribution in [-0.2, 0) is 9.53 Å². The number of ketones is 1. The van der Waals surface area contributed by atoms with Gasteiger partial charge in [-0.3, -0.25) is 4.79 Å². The Hall–Kier alpha value is -3.28. The second-order valence-electron chi connectivity index (χ2n) is 6.39. The topological polar surface area (TPSA) is 75.0 Å². The highest BCUT2D eigenvalue weighted by molar-refractivity contribution is 6.01. The molecule has 6 heteroatoms. The van der Waals surface area contributed by atoms with Gasteiger partial charge in [0.2, 0.25) is 11.9 Å². The Morgan fingerprint density at radius 2 is 1.67 bits per heavy atom. The van der Waals surface area contributed by atoms with Crippen LogP contribution < -0.4 is 9.47 Å². The molecule has 2 aromatic carbocycles. The Morgan fingerprint density at radius 3 is 2.41 bits per heavy atom. The maximum atomic E-state index is 12.5. The molecule has 27 heavy (non-hydrogen) atoms. The highest BCUT2D eigenvalue weighted by atomic mass is 16.6. The zero-order valence-corrected chi connectivity index (χ0v) is 14.9. The van der Waals surface area contributed by atoms with E-state index in [4.69, 9.17) is 18.6 Å². The Kier molecular flexibility index (Phi) is 4.32. The molecule has 2 unspecified atom stereocenters. The highest BCUT2D eigenvalue weighted by Crippen LogP contribution is 2.33. The van der Waals surface area contributed by atoms with Gasteiger partial charge in [-0.1, -0.05) is 30.3 Å². The van der Waals surface area contributed by atoms with Crippen molar-refractivity contribution in [1.29, 1.82) is 0 Å².